The summed E-state index contributed by atoms with van der Waals surface area (Å²) in [6.45, 7) is 10.6. The predicted octanol–water partition coefficient (Wildman–Crippen LogP) is 3.27. The van der Waals surface area contributed by atoms with Crippen LogP contribution in [0.4, 0.5) is 0 Å². The molecule has 3 unspecified atom stereocenters. The Morgan fingerprint density at radius 3 is 2.17 bits per heavy atom. The number of hydrogen-bond acceptors (Lipinski definition) is 2. The summed E-state index contributed by atoms with van der Waals surface area (Å²) in [4.78, 5) is 2.65. The third-order valence-electron chi connectivity index (χ3n) is 5.15. The Bertz CT molecular complexity index is 255. The maximum absolute atomic E-state index is 3.84. The van der Waals surface area contributed by atoms with Gasteiger partial charge in [0.05, 0.1) is 0 Å². The summed E-state index contributed by atoms with van der Waals surface area (Å²) in [7, 11) is 2.34. The van der Waals surface area contributed by atoms with Crippen molar-refractivity contribution in [3.05, 3.63) is 0 Å². The number of fused-ring (bicyclic) bond motifs is 2. The molecule has 0 aromatic heterocycles. The van der Waals surface area contributed by atoms with Crippen LogP contribution in [0.15, 0.2) is 0 Å². The van der Waals surface area contributed by atoms with E-state index in [0.29, 0.717) is 11.5 Å². The Hall–Kier alpha value is -0.0800. The van der Waals surface area contributed by atoms with Crippen LogP contribution in [0.1, 0.15) is 59.8 Å². The molecule has 2 heterocycles. The number of nitrogens with one attached hydrogen (secondary N) is 1. The van der Waals surface area contributed by atoms with Crippen LogP contribution >= 0.6 is 0 Å². The van der Waals surface area contributed by atoms with Gasteiger partial charge in [0.1, 0.15) is 0 Å². The average molecular weight is 252 g/mol. The lowest BCUT2D eigenvalue weighted by Crippen LogP contribution is -2.52. The Morgan fingerprint density at radius 1 is 1.17 bits per heavy atom. The van der Waals surface area contributed by atoms with Crippen molar-refractivity contribution in [3.63, 3.8) is 0 Å². The highest BCUT2D eigenvalue weighted by atomic mass is 15.2. The first-order chi connectivity index (χ1) is 8.43. The minimum atomic E-state index is 0.384. The molecule has 0 aromatic carbocycles. The molecule has 106 valence electrons. The molecule has 3 atom stereocenters. The molecule has 0 radical (unpaired) electrons. The van der Waals surface area contributed by atoms with E-state index in [1.807, 2.05) is 0 Å². The lowest BCUT2D eigenvalue weighted by Gasteiger charge is -2.44. The second-order valence-corrected chi connectivity index (χ2v) is 7.58. The Kier molecular flexibility index (Phi) is 4.38. The lowest BCUT2D eigenvalue weighted by molar-refractivity contribution is 0.0777. The van der Waals surface area contributed by atoms with Gasteiger partial charge in [-0.1, -0.05) is 27.7 Å². The van der Waals surface area contributed by atoms with Gasteiger partial charge >= 0.3 is 0 Å². The second kappa shape index (κ2) is 5.50. The molecule has 2 bridgehead atoms. The minimum Gasteiger partial charge on any atom is -0.313 e. The third kappa shape index (κ3) is 2.91. The normalized spacial score (nSPS) is 34.8. The maximum Gasteiger partial charge on any atom is 0.0145 e. The molecule has 2 nitrogen and oxygen atoms in total. The zero-order chi connectivity index (χ0) is 13.3. The summed E-state index contributed by atoms with van der Waals surface area (Å²) in [5.74, 6) is 0.880. The van der Waals surface area contributed by atoms with Crippen LogP contribution in [0.2, 0.25) is 0 Å². The first-order valence-electron chi connectivity index (χ1n) is 7.88. The Balaban J connectivity index is 2.03. The van der Waals surface area contributed by atoms with Crippen LogP contribution in [0, 0.1) is 11.3 Å². The van der Waals surface area contributed by atoms with Gasteiger partial charge in [-0.05, 0) is 57.0 Å². The van der Waals surface area contributed by atoms with Gasteiger partial charge in [0.25, 0.3) is 0 Å². The lowest BCUT2D eigenvalue weighted by atomic mass is 9.73. The van der Waals surface area contributed by atoms with Crippen molar-refractivity contribution in [1.29, 1.82) is 0 Å². The standard InChI is InChI=1S/C16H32N2/c1-6-9-17-15(16(2,3)4)12-10-13-7-8-14(11-12)18(13)5/h12-15,17H,6-11H2,1-5H3. The summed E-state index contributed by atoms with van der Waals surface area (Å²) in [5, 5.41) is 3.84. The Morgan fingerprint density at radius 2 is 1.72 bits per heavy atom. The zero-order valence-corrected chi connectivity index (χ0v) is 13.0. The minimum absolute atomic E-state index is 0.384. The van der Waals surface area contributed by atoms with E-state index in [4.69, 9.17) is 0 Å². The molecule has 2 aliphatic heterocycles. The highest BCUT2D eigenvalue weighted by Gasteiger charge is 2.43. The van der Waals surface area contributed by atoms with E-state index >= 15 is 0 Å². The largest absolute Gasteiger partial charge is 0.313 e. The maximum atomic E-state index is 3.84. The number of hydrogen-bond donors (Lipinski definition) is 1. The van der Waals surface area contributed by atoms with E-state index in [1.165, 1.54) is 38.6 Å². The van der Waals surface area contributed by atoms with Crippen molar-refractivity contribution in [2.24, 2.45) is 11.3 Å². The van der Waals surface area contributed by atoms with Gasteiger partial charge in [-0.15, -0.1) is 0 Å². The molecule has 2 heteroatoms. The average Bonchev–Trinajstić information content (AvgIpc) is 2.52. The molecule has 0 saturated carbocycles. The fraction of sp³-hybridized carbons (Fsp3) is 1.00. The number of piperidine rings is 1. The summed E-state index contributed by atoms with van der Waals surface area (Å²) in [6.07, 6.45) is 6.92. The topological polar surface area (TPSA) is 15.3 Å². The monoisotopic (exact) mass is 252 g/mol. The molecule has 0 spiro atoms. The highest BCUT2D eigenvalue weighted by Crippen LogP contribution is 2.42. The SMILES string of the molecule is CCCNC(C1CC2CCC(C1)N2C)C(C)(C)C. The second-order valence-electron chi connectivity index (χ2n) is 7.58. The molecule has 1 N–H and O–H groups in total. The van der Waals surface area contributed by atoms with E-state index in [9.17, 15) is 0 Å². The van der Waals surface area contributed by atoms with Gasteiger partial charge in [-0.3, -0.25) is 0 Å². The van der Waals surface area contributed by atoms with Crippen LogP contribution < -0.4 is 5.32 Å². The zero-order valence-electron chi connectivity index (χ0n) is 13.0. The van der Waals surface area contributed by atoms with Gasteiger partial charge in [0, 0.05) is 18.1 Å². The Labute approximate surface area is 114 Å². The van der Waals surface area contributed by atoms with Crippen LogP contribution in [0.3, 0.4) is 0 Å². The fourth-order valence-electron chi connectivity index (χ4n) is 4.21. The van der Waals surface area contributed by atoms with E-state index in [-0.39, 0.29) is 0 Å². The van der Waals surface area contributed by atoms with Crippen LogP contribution in [-0.2, 0) is 0 Å². The summed E-state index contributed by atoms with van der Waals surface area (Å²) in [5.41, 5.74) is 0.384. The van der Waals surface area contributed by atoms with Crippen LogP contribution in [-0.4, -0.2) is 36.6 Å². The van der Waals surface area contributed by atoms with Gasteiger partial charge < -0.3 is 10.2 Å². The van der Waals surface area contributed by atoms with E-state index in [0.717, 1.165) is 18.0 Å². The summed E-state index contributed by atoms with van der Waals surface area (Å²) >= 11 is 0. The van der Waals surface area contributed by atoms with Crippen molar-refractivity contribution >= 4 is 0 Å². The van der Waals surface area contributed by atoms with Gasteiger partial charge in [0.2, 0.25) is 0 Å². The van der Waals surface area contributed by atoms with Crippen molar-refractivity contribution < 1.29 is 0 Å². The molecular weight excluding hydrogens is 220 g/mol. The van der Waals surface area contributed by atoms with Gasteiger partial charge in [-0.2, -0.15) is 0 Å². The molecule has 2 rings (SSSR count). The van der Waals surface area contributed by atoms with Crippen molar-refractivity contribution in [2.45, 2.75) is 77.9 Å². The molecule has 0 aromatic rings. The molecular formula is C16H32N2. The van der Waals surface area contributed by atoms with E-state index in [1.54, 1.807) is 0 Å². The van der Waals surface area contributed by atoms with E-state index in [2.05, 4.69) is 45.0 Å². The predicted molar refractivity (Wildman–Crippen MR) is 78.8 cm³/mol. The smallest absolute Gasteiger partial charge is 0.0145 e. The summed E-state index contributed by atoms with van der Waals surface area (Å²) in [6, 6.07) is 2.42. The van der Waals surface area contributed by atoms with Crippen LogP contribution in [0.5, 0.6) is 0 Å². The number of rotatable bonds is 4. The van der Waals surface area contributed by atoms with Gasteiger partial charge in [0.15, 0.2) is 0 Å². The van der Waals surface area contributed by atoms with Crippen molar-refractivity contribution in [1.82, 2.24) is 10.2 Å². The van der Waals surface area contributed by atoms with Crippen LogP contribution in [0.25, 0.3) is 0 Å². The third-order valence-corrected chi connectivity index (χ3v) is 5.15. The molecule has 2 saturated heterocycles. The van der Waals surface area contributed by atoms with Gasteiger partial charge in [-0.25, -0.2) is 0 Å². The molecule has 0 aliphatic carbocycles. The molecule has 2 aliphatic rings. The van der Waals surface area contributed by atoms with Crippen molar-refractivity contribution in [2.75, 3.05) is 13.6 Å². The first-order valence-corrected chi connectivity index (χ1v) is 7.88. The molecule has 0 amide bonds. The quantitative estimate of drug-likeness (QED) is 0.826. The molecule has 2 fully saturated rings. The summed E-state index contributed by atoms with van der Waals surface area (Å²) < 4.78 is 0. The fourth-order valence-corrected chi connectivity index (χ4v) is 4.21. The first kappa shape index (κ1) is 14.3. The molecule has 18 heavy (non-hydrogen) atoms. The highest BCUT2D eigenvalue weighted by molar-refractivity contribution is 4.99. The van der Waals surface area contributed by atoms with Crippen molar-refractivity contribution in [3.8, 4) is 0 Å². The number of nitrogens with zero attached hydrogens (tertiary/aromatic N) is 1. The van der Waals surface area contributed by atoms with E-state index < -0.39 is 0 Å².